The van der Waals surface area contributed by atoms with Crippen molar-refractivity contribution >= 4 is 34.5 Å². The summed E-state index contributed by atoms with van der Waals surface area (Å²) in [5, 5.41) is 2.33. The van der Waals surface area contributed by atoms with E-state index in [1.54, 1.807) is 18.2 Å². The van der Waals surface area contributed by atoms with Gasteiger partial charge in [0.1, 0.15) is 5.57 Å². The van der Waals surface area contributed by atoms with Crippen molar-refractivity contribution in [1.29, 1.82) is 0 Å². The number of hydrogen-bond acceptors (Lipinski definition) is 2. The zero-order valence-electron chi connectivity index (χ0n) is 15.3. The number of carbonyl (C=O) groups excluding carboxylic acids is 2. The zero-order valence-corrected chi connectivity index (χ0v) is 15.3. The van der Waals surface area contributed by atoms with Crippen molar-refractivity contribution in [3.05, 3.63) is 71.9 Å². The van der Waals surface area contributed by atoms with E-state index < -0.39 is 0 Å². The molecule has 4 rings (SSSR count). The van der Waals surface area contributed by atoms with Gasteiger partial charge in [-0.3, -0.25) is 15.0 Å². The fourth-order valence-electron chi connectivity index (χ4n) is 3.38. The van der Waals surface area contributed by atoms with Gasteiger partial charge in [-0.2, -0.15) is 0 Å². The molecule has 0 spiro atoms. The lowest BCUT2D eigenvalue weighted by molar-refractivity contribution is -0.117. The highest BCUT2D eigenvalue weighted by atomic mass is 16.2. The first-order valence-corrected chi connectivity index (χ1v) is 9.12. The Labute approximate surface area is 157 Å². The minimum absolute atomic E-state index is 0.144. The molecule has 1 aliphatic heterocycles. The normalized spacial score (nSPS) is 17.0. The molecule has 1 saturated heterocycles. The molecule has 5 heteroatoms. The van der Waals surface area contributed by atoms with Crippen LogP contribution in [-0.4, -0.2) is 16.4 Å². The molecule has 0 unspecified atom stereocenters. The lowest BCUT2D eigenvalue weighted by atomic mass is 10.1. The Morgan fingerprint density at radius 3 is 2.48 bits per heavy atom. The van der Waals surface area contributed by atoms with Gasteiger partial charge in [-0.15, -0.1) is 0 Å². The predicted octanol–water partition coefficient (Wildman–Crippen LogP) is 4.07. The summed E-state index contributed by atoms with van der Waals surface area (Å²) in [6.07, 6.45) is 4.72. The smallest absolute Gasteiger partial charge is 0.282 e. The third-order valence-electron chi connectivity index (χ3n) is 5.04. The monoisotopic (exact) mass is 359 g/mol. The van der Waals surface area contributed by atoms with Crippen LogP contribution in [0.15, 0.2) is 66.4 Å². The Hall–Kier alpha value is -3.34. The molecule has 0 saturated carbocycles. The molecule has 2 aromatic carbocycles. The van der Waals surface area contributed by atoms with Gasteiger partial charge in [-0.05, 0) is 37.6 Å². The van der Waals surface area contributed by atoms with Crippen LogP contribution in [0.3, 0.4) is 0 Å². The first kappa shape index (κ1) is 17.1. The quantitative estimate of drug-likeness (QED) is 0.564. The fourth-order valence-corrected chi connectivity index (χ4v) is 3.38. The summed E-state index contributed by atoms with van der Waals surface area (Å²) in [6.45, 7) is 4.30. The van der Waals surface area contributed by atoms with Gasteiger partial charge >= 0.3 is 0 Å². The molecule has 1 aromatic heterocycles. The highest BCUT2D eigenvalue weighted by Gasteiger charge is 2.34. The van der Waals surface area contributed by atoms with Gasteiger partial charge in [-0.25, -0.2) is 5.01 Å². The van der Waals surface area contributed by atoms with Crippen molar-refractivity contribution in [2.24, 2.45) is 0 Å². The lowest BCUT2D eigenvalue weighted by Crippen LogP contribution is -2.35. The minimum Gasteiger partial charge on any atom is -0.344 e. The van der Waals surface area contributed by atoms with Crippen LogP contribution in [0.2, 0.25) is 0 Å². The van der Waals surface area contributed by atoms with E-state index in [2.05, 4.69) is 29.9 Å². The van der Waals surface area contributed by atoms with E-state index in [0.29, 0.717) is 11.7 Å². The summed E-state index contributed by atoms with van der Waals surface area (Å²) in [5.74, 6) is -0.726. The van der Waals surface area contributed by atoms with E-state index in [4.69, 9.17) is 0 Å². The zero-order chi connectivity index (χ0) is 19.0. The maximum atomic E-state index is 12.8. The number of hydrogen-bond donors (Lipinski definition) is 1. The highest BCUT2D eigenvalue weighted by Crippen LogP contribution is 2.29. The number of nitrogens with zero attached hydrogens (tertiary/aromatic N) is 2. The number of fused-ring (bicyclic) bond motifs is 1. The molecule has 136 valence electrons. The molecule has 0 bridgehead atoms. The molecule has 0 aliphatic carbocycles. The van der Waals surface area contributed by atoms with E-state index in [1.165, 1.54) is 5.01 Å². The molecule has 5 nitrogen and oxygen atoms in total. The maximum Gasteiger partial charge on any atom is 0.282 e. The largest absolute Gasteiger partial charge is 0.344 e. The summed E-state index contributed by atoms with van der Waals surface area (Å²) in [4.78, 5) is 25.3. The summed E-state index contributed by atoms with van der Waals surface area (Å²) in [7, 11) is 0. The first-order chi connectivity index (χ1) is 13.1. The van der Waals surface area contributed by atoms with Crippen LogP contribution in [0.5, 0.6) is 0 Å². The van der Waals surface area contributed by atoms with Gasteiger partial charge in [0.25, 0.3) is 11.8 Å². The third kappa shape index (κ3) is 2.91. The fraction of sp³-hybridized carbons (Fsp3) is 0.182. The topological polar surface area (TPSA) is 54.3 Å². The number of nitrogens with one attached hydrogen (secondary N) is 1. The maximum absolute atomic E-state index is 12.8. The van der Waals surface area contributed by atoms with Gasteiger partial charge in [0.05, 0.1) is 5.69 Å². The van der Waals surface area contributed by atoms with Crippen LogP contribution in [0.4, 0.5) is 5.69 Å². The van der Waals surface area contributed by atoms with Gasteiger partial charge < -0.3 is 4.57 Å². The molecule has 2 amide bonds. The number of rotatable bonds is 4. The molecule has 0 radical (unpaired) electrons. The molecule has 27 heavy (non-hydrogen) atoms. The molecule has 1 fully saturated rings. The Balaban J connectivity index is 1.78. The average Bonchev–Trinajstić information content (AvgIpc) is 3.21. The SMILES string of the molecule is CC[C@H](C)n1cc(/C=C2/C(=O)NN(c3ccccc3)C2=O)c2ccccc21. The third-order valence-corrected chi connectivity index (χ3v) is 5.04. The standard InChI is InChI=1S/C22H21N3O2/c1-3-15(2)24-14-16(18-11-7-8-12-20(18)24)13-19-21(26)23-25(22(19)27)17-9-5-4-6-10-17/h4-15H,3H2,1-2H3,(H,23,26)/b19-13-/t15-/m0/s1. The van der Waals surface area contributed by atoms with Crippen molar-refractivity contribution in [3.63, 3.8) is 0 Å². The van der Waals surface area contributed by atoms with Crippen molar-refractivity contribution in [2.45, 2.75) is 26.3 Å². The number of carbonyl (C=O) groups is 2. The van der Waals surface area contributed by atoms with E-state index in [0.717, 1.165) is 22.9 Å². The van der Waals surface area contributed by atoms with Gasteiger partial charge in [0, 0.05) is 28.7 Å². The molecule has 3 aromatic rings. The Bertz CT molecular complexity index is 1050. The number of benzene rings is 2. The van der Waals surface area contributed by atoms with Gasteiger partial charge in [0.15, 0.2) is 0 Å². The number of hydrazine groups is 1. The number of anilines is 1. The first-order valence-electron chi connectivity index (χ1n) is 9.12. The van der Waals surface area contributed by atoms with Crippen LogP contribution in [0.25, 0.3) is 17.0 Å². The minimum atomic E-state index is -0.385. The van der Waals surface area contributed by atoms with Crippen molar-refractivity contribution in [3.8, 4) is 0 Å². The summed E-state index contributed by atoms with van der Waals surface area (Å²) in [5.41, 5.74) is 5.41. The number of aromatic nitrogens is 1. The van der Waals surface area contributed by atoms with Gasteiger partial charge in [0.2, 0.25) is 0 Å². The van der Waals surface area contributed by atoms with Crippen LogP contribution in [-0.2, 0) is 9.59 Å². The van der Waals surface area contributed by atoms with Crippen molar-refractivity contribution in [1.82, 2.24) is 9.99 Å². The lowest BCUT2D eigenvalue weighted by Gasteiger charge is -2.13. The summed E-state index contributed by atoms with van der Waals surface area (Å²) < 4.78 is 2.20. The van der Waals surface area contributed by atoms with Crippen LogP contribution >= 0.6 is 0 Å². The van der Waals surface area contributed by atoms with Crippen molar-refractivity contribution in [2.75, 3.05) is 5.01 Å². The second-order valence-corrected chi connectivity index (χ2v) is 6.74. The van der Waals surface area contributed by atoms with Crippen LogP contribution in [0, 0.1) is 0 Å². The number of amides is 2. The Kier molecular flexibility index (Phi) is 4.28. The molecule has 1 N–H and O–H groups in total. The predicted molar refractivity (Wildman–Crippen MR) is 107 cm³/mol. The molecular weight excluding hydrogens is 338 g/mol. The average molecular weight is 359 g/mol. The highest BCUT2D eigenvalue weighted by molar-refractivity contribution is 6.32. The summed E-state index contributed by atoms with van der Waals surface area (Å²) >= 11 is 0. The van der Waals surface area contributed by atoms with E-state index >= 15 is 0 Å². The van der Waals surface area contributed by atoms with E-state index in [9.17, 15) is 9.59 Å². The van der Waals surface area contributed by atoms with E-state index in [-0.39, 0.29) is 17.4 Å². The molecule has 1 atom stereocenters. The molecule has 1 aliphatic rings. The van der Waals surface area contributed by atoms with Gasteiger partial charge in [-0.1, -0.05) is 43.3 Å². The second kappa shape index (κ2) is 6.76. The summed E-state index contributed by atoms with van der Waals surface area (Å²) in [6, 6.07) is 17.5. The van der Waals surface area contributed by atoms with Crippen LogP contribution < -0.4 is 10.4 Å². The Morgan fingerprint density at radius 2 is 1.74 bits per heavy atom. The number of para-hydroxylation sites is 2. The molecule has 2 heterocycles. The Morgan fingerprint density at radius 1 is 1.04 bits per heavy atom. The van der Waals surface area contributed by atoms with E-state index in [1.807, 2.05) is 42.6 Å². The van der Waals surface area contributed by atoms with Crippen LogP contribution in [0.1, 0.15) is 31.9 Å². The van der Waals surface area contributed by atoms with Crippen molar-refractivity contribution < 1.29 is 9.59 Å². The molecular formula is C22H21N3O2. The second-order valence-electron chi connectivity index (χ2n) is 6.74.